The monoisotopic (exact) mass is 268 g/mol. The highest BCUT2D eigenvalue weighted by molar-refractivity contribution is 5.48. The molecule has 19 heavy (non-hydrogen) atoms. The van der Waals surface area contributed by atoms with Crippen molar-refractivity contribution in [3.8, 4) is 5.75 Å². The fraction of sp³-hybridized carbons (Fsp3) is 0.538. The third-order valence-corrected chi connectivity index (χ3v) is 2.87. The Morgan fingerprint density at radius 3 is 2.58 bits per heavy atom. The van der Waals surface area contributed by atoms with Crippen LogP contribution in [-0.2, 0) is 11.3 Å². The Bertz CT molecular complexity index is 446. The van der Waals surface area contributed by atoms with Gasteiger partial charge in [0.1, 0.15) is 0 Å². The number of benzene rings is 1. The SMILES string of the molecule is COc1ccc(CNCC(C)(C)OC)cc1[N+](=O)[O-]. The molecule has 0 radical (unpaired) electrons. The molecule has 0 aliphatic rings. The molecular formula is C13H20N2O4. The number of nitro benzene ring substituents is 1. The van der Waals surface area contributed by atoms with Crippen LogP contribution in [-0.4, -0.2) is 31.3 Å². The van der Waals surface area contributed by atoms with Crippen LogP contribution in [0.4, 0.5) is 5.69 Å². The van der Waals surface area contributed by atoms with E-state index < -0.39 is 4.92 Å². The highest BCUT2D eigenvalue weighted by atomic mass is 16.6. The van der Waals surface area contributed by atoms with Gasteiger partial charge in [0.25, 0.3) is 0 Å². The number of hydrogen-bond acceptors (Lipinski definition) is 5. The maximum absolute atomic E-state index is 10.9. The largest absolute Gasteiger partial charge is 0.490 e. The van der Waals surface area contributed by atoms with Crippen molar-refractivity contribution >= 4 is 5.69 Å². The molecule has 1 aromatic rings. The van der Waals surface area contributed by atoms with Crippen LogP contribution in [0.3, 0.4) is 0 Å². The topological polar surface area (TPSA) is 73.6 Å². The van der Waals surface area contributed by atoms with Crippen LogP contribution in [0, 0.1) is 10.1 Å². The summed E-state index contributed by atoms with van der Waals surface area (Å²) in [5.74, 6) is 0.269. The van der Waals surface area contributed by atoms with Gasteiger partial charge in [0, 0.05) is 26.3 Å². The first-order valence-electron chi connectivity index (χ1n) is 5.97. The Hall–Kier alpha value is -1.66. The Labute approximate surface area is 112 Å². The molecule has 0 atom stereocenters. The van der Waals surface area contributed by atoms with E-state index in [9.17, 15) is 10.1 Å². The van der Waals surface area contributed by atoms with Gasteiger partial charge in [0.2, 0.25) is 0 Å². The summed E-state index contributed by atoms with van der Waals surface area (Å²) in [5.41, 5.74) is 0.547. The molecule has 0 saturated heterocycles. The summed E-state index contributed by atoms with van der Waals surface area (Å²) in [5, 5.41) is 14.1. The van der Waals surface area contributed by atoms with Gasteiger partial charge in [0.15, 0.2) is 5.75 Å². The molecule has 0 unspecified atom stereocenters. The average Bonchev–Trinajstić information content (AvgIpc) is 2.38. The zero-order valence-electron chi connectivity index (χ0n) is 11.7. The Morgan fingerprint density at radius 2 is 2.05 bits per heavy atom. The van der Waals surface area contributed by atoms with Gasteiger partial charge >= 0.3 is 5.69 Å². The molecule has 0 bridgehead atoms. The molecule has 0 aromatic heterocycles. The normalized spacial score (nSPS) is 11.4. The van der Waals surface area contributed by atoms with Crippen LogP contribution in [0.5, 0.6) is 5.75 Å². The number of nitrogens with one attached hydrogen (secondary N) is 1. The van der Waals surface area contributed by atoms with E-state index in [1.807, 2.05) is 13.8 Å². The van der Waals surface area contributed by atoms with Gasteiger partial charge < -0.3 is 14.8 Å². The zero-order chi connectivity index (χ0) is 14.5. The molecule has 0 aliphatic carbocycles. The van der Waals surface area contributed by atoms with Gasteiger partial charge in [-0.2, -0.15) is 0 Å². The van der Waals surface area contributed by atoms with Crippen molar-refractivity contribution in [3.05, 3.63) is 33.9 Å². The Morgan fingerprint density at radius 1 is 1.37 bits per heavy atom. The number of rotatable bonds is 7. The van der Waals surface area contributed by atoms with Crippen LogP contribution in [0.1, 0.15) is 19.4 Å². The first-order chi connectivity index (χ1) is 8.89. The molecule has 0 fully saturated rings. The lowest BCUT2D eigenvalue weighted by molar-refractivity contribution is -0.385. The van der Waals surface area contributed by atoms with Gasteiger partial charge in [-0.05, 0) is 25.5 Å². The summed E-state index contributed by atoms with van der Waals surface area (Å²) in [6, 6.07) is 4.93. The lowest BCUT2D eigenvalue weighted by Crippen LogP contribution is -2.36. The van der Waals surface area contributed by atoms with Gasteiger partial charge in [0.05, 0.1) is 17.6 Å². The Kier molecular flexibility index (Phi) is 5.26. The summed E-state index contributed by atoms with van der Waals surface area (Å²) >= 11 is 0. The molecule has 1 N–H and O–H groups in total. The Balaban J connectivity index is 2.70. The van der Waals surface area contributed by atoms with Crippen molar-refractivity contribution in [3.63, 3.8) is 0 Å². The molecule has 0 amide bonds. The highest BCUT2D eigenvalue weighted by Crippen LogP contribution is 2.27. The van der Waals surface area contributed by atoms with E-state index in [0.29, 0.717) is 13.1 Å². The highest BCUT2D eigenvalue weighted by Gasteiger charge is 2.17. The van der Waals surface area contributed by atoms with Crippen molar-refractivity contribution in [2.24, 2.45) is 0 Å². The van der Waals surface area contributed by atoms with Gasteiger partial charge in [-0.15, -0.1) is 0 Å². The fourth-order valence-corrected chi connectivity index (χ4v) is 1.57. The molecule has 0 saturated carbocycles. The van der Waals surface area contributed by atoms with Gasteiger partial charge in [-0.3, -0.25) is 10.1 Å². The summed E-state index contributed by atoms with van der Waals surface area (Å²) in [6.45, 7) is 5.13. The minimum atomic E-state index is -0.443. The first-order valence-corrected chi connectivity index (χ1v) is 5.97. The molecular weight excluding hydrogens is 248 g/mol. The lowest BCUT2D eigenvalue weighted by atomic mass is 10.1. The predicted octanol–water partition coefficient (Wildman–Crippen LogP) is 2.12. The molecule has 0 heterocycles. The van der Waals surface area contributed by atoms with Gasteiger partial charge in [-0.1, -0.05) is 6.07 Å². The second-order valence-electron chi connectivity index (χ2n) is 4.83. The standard InChI is InChI=1S/C13H20N2O4/c1-13(2,19-4)9-14-8-10-5-6-12(18-3)11(7-10)15(16)17/h5-7,14H,8-9H2,1-4H3. The average molecular weight is 268 g/mol. The number of hydrogen-bond donors (Lipinski definition) is 1. The van der Waals surface area contributed by atoms with E-state index in [1.165, 1.54) is 13.2 Å². The van der Waals surface area contributed by atoms with E-state index in [-0.39, 0.29) is 17.0 Å². The predicted molar refractivity (Wildman–Crippen MR) is 72.4 cm³/mol. The van der Waals surface area contributed by atoms with Crippen molar-refractivity contribution in [2.45, 2.75) is 26.0 Å². The quantitative estimate of drug-likeness (QED) is 0.605. The van der Waals surface area contributed by atoms with E-state index in [4.69, 9.17) is 9.47 Å². The number of methoxy groups -OCH3 is 2. The second kappa shape index (κ2) is 6.49. The molecule has 1 aromatic carbocycles. The summed E-state index contributed by atoms with van der Waals surface area (Å²) < 4.78 is 10.2. The van der Waals surface area contributed by atoms with E-state index in [2.05, 4.69) is 5.32 Å². The smallest absolute Gasteiger partial charge is 0.311 e. The molecule has 6 nitrogen and oxygen atoms in total. The maximum atomic E-state index is 10.9. The molecule has 106 valence electrons. The third-order valence-electron chi connectivity index (χ3n) is 2.87. The van der Waals surface area contributed by atoms with Gasteiger partial charge in [-0.25, -0.2) is 0 Å². The number of nitrogens with zero attached hydrogens (tertiary/aromatic N) is 1. The minimum Gasteiger partial charge on any atom is -0.490 e. The maximum Gasteiger partial charge on any atom is 0.311 e. The summed E-state index contributed by atoms with van der Waals surface area (Å²) in [4.78, 5) is 10.5. The zero-order valence-corrected chi connectivity index (χ0v) is 11.7. The molecule has 0 aliphatic heterocycles. The van der Waals surface area contributed by atoms with Crippen LogP contribution >= 0.6 is 0 Å². The van der Waals surface area contributed by atoms with Crippen LogP contribution in [0.25, 0.3) is 0 Å². The van der Waals surface area contributed by atoms with Crippen LogP contribution in [0.2, 0.25) is 0 Å². The van der Waals surface area contributed by atoms with Crippen molar-refractivity contribution in [1.29, 1.82) is 0 Å². The lowest BCUT2D eigenvalue weighted by Gasteiger charge is -2.23. The molecule has 6 heteroatoms. The van der Waals surface area contributed by atoms with Crippen molar-refractivity contribution in [1.82, 2.24) is 5.32 Å². The third kappa shape index (κ3) is 4.50. The number of nitro groups is 1. The van der Waals surface area contributed by atoms with Crippen LogP contribution in [0.15, 0.2) is 18.2 Å². The van der Waals surface area contributed by atoms with Crippen molar-refractivity contribution < 1.29 is 14.4 Å². The summed E-state index contributed by atoms with van der Waals surface area (Å²) in [6.07, 6.45) is 0. The van der Waals surface area contributed by atoms with Crippen molar-refractivity contribution in [2.75, 3.05) is 20.8 Å². The summed E-state index contributed by atoms with van der Waals surface area (Å²) in [7, 11) is 3.07. The fourth-order valence-electron chi connectivity index (χ4n) is 1.57. The second-order valence-corrected chi connectivity index (χ2v) is 4.83. The van der Waals surface area contributed by atoms with E-state index in [1.54, 1.807) is 19.2 Å². The minimum absolute atomic E-state index is 0.0206. The molecule has 0 spiro atoms. The van der Waals surface area contributed by atoms with E-state index >= 15 is 0 Å². The van der Waals surface area contributed by atoms with E-state index in [0.717, 1.165) is 5.56 Å². The number of ether oxygens (including phenoxy) is 2. The van der Waals surface area contributed by atoms with Crippen LogP contribution < -0.4 is 10.1 Å². The first kappa shape index (κ1) is 15.4. The molecule has 1 rings (SSSR count).